The van der Waals surface area contributed by atoms with E-state index in [1.54, 1.807) is 0 Å². The predicted molar refractivity (Wildman–Crippen MR) is 108 cm³/mol. The molecule has 2 atom stereocenters. The number of rotatable bonds is 10. The highest BCUT2D eigenvalue weighted by atomic mass is 35.5. The van der Waals surface area contributed by atoms with Gasteiger partial charge in [-0.3, -0.25) is 4.90 Å². The Labute approximate surface area is 157 Å². The normalized spacial score (nSPS) is 13.6. The largest absolute Gasteiger partial charge is 0.492 e. The van der Waals surface area contributed by atoms with Crippen molar-refractivity contribution >= 4 is 11.6 Å². The number of hydrogen-bond donors (Lipinski definition) is 0. The maximum Gasteiger partial charge on any atom is 0.119 e. The smallest absolute Gasteiger partial charge is 0.119 e. The van der Waals surface area contributed by atoms with Gasteiger partial charge in [-0.2, -0.15) is 0 Å². The third-order valence-electron chi connectivity index (χ3n) is 4.78. The fourth-order valence-electron chi connectivity index (χ4n) is 2.83. The van der Waals surface area contributed by atoms with E-state index in [1.165, 1.54) is 11.1 Å². The van der Waals surface area contributed by atoms with Gasteiger partial charge in [0.15, 0.2) is 0 Å². The molecule has 3 heteroatoms. The summed E-state index contributed by atoms with van der Waals surface area (Å²) in [6.45, 7) is 9.08. The second-order valence-corrected chi connectivity index (χ2v) is 7.06. The number of nitrogens with zero attached hydrogens (tertiary/aromatic N) is 1. The molecule has 0 aliphatic heterocycles. The van der Waals surface area contributed by atoms with Crippen LogP contribution in [0.4, 0.5) is 0 Å². The lowest BCUT2D eigenvalue weighted by Gasteiger charge is -2.28. The quantitative estimate of drug-likeness (QED) is 0.504. The molecule has 0 aromatic heterocycles. The van der Waals surface area contributed by atoms with E-state index in [0.717, 1.165) is 25.3 Å². The number of halogens is 1. The molecule has 0 bridgehead atoms. The number of hydrogen-bond acceptors (Lipinski definition) is 2. The summed E-state index contributed by atoms with van der Waals surface area (Å²) in [5, 5.41) is 0. The molecule has 0 saturated heterocycles. The monoisotopic (exact) mass is 359 g/mol. The zero-order valence-electron chi connectivity index (χ0n) is 15.6. The first-order chi connectivity index (χ1) is 12.1. The van der Waals surface area contributed by atoms with Crippen molar-refractivity contribution < 1.29 is 4.74 Å². The number of alkyl halides is 1. The molecule has 0 amide bonds. The zero-order chi connectivity index (χ0) is 18.1. The second kappa shape index (κ2) is 10.5. The maximum absolute atomic E-state index is 6.02. The Kier molecular flexibility index (Phi) is 8.30. The predicted octanol–water partition coefficient (Wildman–Crippen LogP) is 5.71. The molecule has 0 heterocycles. The van der Waals surface area contributed by atoms with Gasteiger partial charge in [0.2, 0.25) is 0 Å². The fraction of sp³-hybridized carbons (Fsp3) is 0.455. The average molecular weight is 360 g/mol. The molecule has 0 fully saturated rings. The highest BCUT2D eigenvalue weighted by molar-refractivity contribution is 6.18. The minimum absolute atomic E-state index is 0.299. The van der Waals surface area contributed by atoms with Crippen LogP contribution in [0.25, 0.3) is 0 Å². The first kappa shape index (κ1) is 19.8. The van der Waals surface area contributed by atoms with Gasteiger partial charge in [0.05, 0.1) is 0 Å². The van der Waals surface area contributed by atoms with Crippen molar-refractivity contribution in [3.05, 3.63) is 65.7 Å². The summed E-state index contributed by atoms with van der Waals surface area (Å²) in [5.74, 6) is 2.16. The SMILES string of the molecule is CC[C@@H](C)c1ccc(OC[C@H](C)N(CCCl)Cc2ccccc2)cc1. The van der Waals surface area contributed by atoms with E-state index in [4.69, 9.17) is 16.3 Å². The second-order valence-electron chi connectivity index (χ2n) is 6.68. The summed E-state index contributed by atoms with van der Waals surface area (Å²) in [4.78, 5) is 2.37. The molecule has 2 rings (SSSR count). The first-order valence-electron chi connectivity index (χ1n) is 9.20. The van der Waals surface area contributed by atoms with Crippen LogP contribution in [-0.4, -0.2) is 30.0 Å². The molecule has 2 nitrogen and oxygen atoms in total. The van der Waals surface area contributed by atoms with E-state index in [1.807, 2.05) is 6.07 Å². The van der Waals surface area contributed by atoms with Crippen LogP contribution >= 0.6 is 11.6 Å². The van der Waals surface area contributed by atoms with Crippen molar-refractivity contribution in [2.24, 2.45) is 0 Å². The van der Waals surface area contributed by atoms with Crippen molar-refractivity contribution in [3.63, 3.8) is 0 Å². The lowest BCUT2D eigenvalue weighted by Crippen LogP contribution is -2.38. The van der Waals surface area contributed by atoms with Gasteiger partial charge in [-0.05, 0) is 42.5 Å². The van der Waals surface area contributed by atoms with E-state index >= 15 is 0 Å². The molecule has 0 aliphatic carbocycles. The Morgan fingerprint density at radius 2 is 1.68 bits per heavy atom. The summed E-state index contributed by atoms with van der Waals surface area (Å²) in [6.07, 6.45) is 1.16. The Hall–Kier alpha value is -1.51. The van der Waals surface area contributed by atoms with E-state index in [0.29, 0.717) is 24.4 Å². The lowest BCUT2D eigenvalue weighted by molar-refractivity contribution is 0.146. The van der Waals surface area contributed by atoms with Gasteiger partial charge in [0.1, 0.15) is 12.4 Å². The molecule has 0 spiro atoms. The fourth-order valence-corrected chi connectivity index (χ4v) is 3.05. The summed E-state index contributed by atoms with van der Waals surface area (Å²) in [7, 11) is 0. The molecule has 2 aromatic carbocycles. The minimum atomic E-state index is 0.299. The highest BCUT2D eigenvalue weighted by Gasteiger charge is 2.15. The average Bonchev–Trinajstić information content (AvgIpc) is 2.66. The number of benzene rings is 2. The highest BCUT2D eigenvalue weighted by Crippen LogP contribution is 2.21. The van der Waals surface area contributed by atoms with Crippen LogP contribution in [0.3, 0.4) is 0 Å². The number of ether oxygens (including phenoxy) is 1. The third kappa shape index (κ3) is 6.37. The molecular weight excluding hydrogens is 330 g/mol. The lowest BCUT2D eigenvalue weighted by atomic mass is 9.99. The summed E-state index contributed by atoms with van der Waals surface area (Å²) < 4.78 is 6.02. The van der Waals surface area contributed by atoms with Crippen LogP contribution in [0.15, 0.2) is 54.6 Å². The standard InChI is InChI=1S/C22H30ClNO/c1-4-18(2)21-10-12-22(13-11-21)25-17-19(3)24(15-14-23)16-20-8-6-5-7-9-20/h5-13,18-19H,4,14-17H2,1-3H3/t18-,19+/m1/s1. The van der Waals surface area contributed by atoms with Gasteiger partial charge < -0.3 is 4.74 Å². The molecular formula is C22H30ClNO. The maximum atomic E-state index is 6.02. The first-order valence-corrected chi connectivity index (χ1v) is 9.74. The Morgan fingerprint density at radius 3 is 2.28 bits per heavy atom. The molecule has 0 N–H and O–H groups in total. The van der Waals surface area contributed by atoms with Crippen LogP contribution in [0.5, 0.6) is 5.75 Å². The summed E-state index contributed by atoms with van der Waals surface area (Å²) >= 11 is 6.00. The van der Waals surface area contributed by atoms with Crippen LogP contribution in [-0.2, 0) is 6.54 Å². The van der Waals surface area contributed by atoms with Crippen molar-refractivity contribution in [2.75, 3.05) is 19.0 Å². The van der Waals surface area contributed by atoms with Crippen molar-refractivity contribution in [1.82, 2.24) is 4.90 Å². The van der Waals surface area contributed by atoms with E-state index in [2.05, 4.69) is 74.2 Å². The molecule has 0 aliphatic rings. The molecule has 25 heavy (non-hydrogen) atoms. The molecule has 0 unspecified atom stereocenters. The molecule has 136 valence electrons. The van der Waals surface area contributed by atoms with E-state index in [-0.39, 0.29) is 0 Å². The minimum Gasteiger partial charge on any atom is -0.492 e. The van der Waals surface area contributed by atoms with Gasteiger partial charge in [-0.1, -0.05) is 56.3 Å². The van der Waals surface area contributed by atoms with Gasteiger partial charge in [0.25, 0.3) is 0 Å². The van der Waals surface area contributed by atoms with Crippen LogP contribution in [0, 0.1) is 0 Å². The Morgan fingerprint density at radius 1 is 1.00 bits per heavy atom. The van der Waals surface area contributed by atoms with Crippen LogP contribution in [0.2, 0.25) is 0 Å². The van der Waals surface area contributed by atoms with Crippen molar-refractivity contribution in [1.29, 1.82) is 0 Å². The van der Waals surface area contributed by atoms with Gasteiger partial charge >= 0.3 is 0 Å². The van der Waals surface area contributed by atoms with Crippen LogP contribution in [0.1, 0.15) is 44.2 Å². The zero-order valence-corrected chi connectivity index (χ0v) is 16.4. The summed E-state index contributed by atoms with van der Waals surface area (Å²) in [6, 6.07) is 19.3. The summed E-state index contributed by atoms with van der Waals surface area (Å²) in [5.41, 5.74) is 2.67. The topological polar surface area (TPSA) is 12.5 Å². The van der Waals surface area contributed by atoms with Crippen molar-refractivity contribution in [3.8, 4) is 5.75 Å². The van der Waals surface area contributed by atoms with Crippen LogP contribution < -0.4 is 4.74 Å². The van der Waals surface area contributed by atoms with Gasteiger partial charge in [-0.25, -0.2) is 0 Å². The van der Waals surface area contributed by atoms with Gasteiger partial charge in [-0.15, -0.1) is 11.6 Å². The molecule has 2 aromatic rings. The molecule has 0 radical (unpaired) electrons. The molecule has 0 saturated carbocycles. The Balaban J connectivity index is 1.90. The van der Waals surface area contributed by atoms with E-state index < -0.39 is 0 Å². The van der Waals surface area contributed by atoms with Gasteiger partial charge in [0, 0.05) is 25.0 Å². The van der Waals surface area contributed by atoms with Crippen molar-refractivity contribution in [2.45, 2.75) is 45.7 Å². The third-order valence-corrected chi connectivity index (χ3v) is 4.95. The Bertz CT molecular complexity index is 599. The van der Waals surface area contributed by atoms with E-state index in [9.17, 15) is 0 Å².